The molecular weight excluding hydrogens is 485 g/mol. The molecule has 0 saturated heterocycles. The smallest absolute Gasteiger partial charge is 0.124 e. The number of fused-ring (bicyclic) bond motifs is 6. The number of halogens is 1. The van der Waals surface area contributed by atoms with E-state index in [4.69, 9.17) is 9.72 Å². The summed E-state index contributed by atoms with van der Waals surface area (Å²) in [7, 11) is 1.90. The number of rotatable bonds is 5. The van der Waals surface area contributed by atoms with E-state index in [9.17, 15) is 14.6 Å². The highest BCUT2D eigenvalue weighted by Gasteiger charge is 2.66. The molecule has 4 aliphatic carbocycles. The molecule has 0 radical (unpaired) electrons. The van der Waals surface area contributed by atoms with E-state index in [1.54, 1.807) is 23.5 Å². The van der Waals surface area contributed by atoms with E-state index in [1.807, 2.05) is 7.11 Å². The van der Waals surface area contributed by atoms with Gasteiger partial charge in [0.1, 0.15) is 5.82 Å². The number of nitrogens with zero attached hydrogens (tertiary/aromatic N) is 1. The number of methoxy groups -OCH3 is 1. The van der Waals surface area contributed by atoms with Gasteiger partial charge in [-0.3, -0.25) is 0 Å². The van der Waals surface area contributed by atoms with Crippen molar-refractivity contribution >= 4 is 21.6 Å². The molecule has 1 heterocycles. The molecule has 0 amide bonds. The van der Waals surface area contributed by atoms with Crippen molar-refractivity contribution in [2.45, 2.75) is 96.9 Å². The lowest BCUT2D eigenvalue weighted by Gasteiger charge is -2.64. The summed E-state index contributed by atoms with van der Waals surface area (Å²) in [5, 5.41) is 23.1. The standard InChI is InChI=1S/C31H44FNO3S/c1-17(5-10-28-33-24-9-6-19(32)15-26(24)37-28)21-7-8-22-29-23(16-27(36-4)31(21,22)3)30(2)12-11-20(34)13-18(30)14-25(29)35/h6,9,15,17-18,20-23,25,27,29,34-35H,5,7-8,10-14,16H2,1-4H3/t17?,18-,20+,21+,22-,23-,25+,27-,29-,30-,31+/m0/s1. The highest BCUT2D eigenvalue weighted by Crippen LogP contribution is 2.68. The van der Waals surface area contributed by atoms with Crippen LogP contribution < -0.4 is 0 Å². The summed E-state index contributed by atoms with van der Waals surface area (Å²) >= 11 is 1.62. The van der Waals surface area contributed by atoms with Crippen LogP contribution in [0.25, 0.3) is 10.2 Å². The van der Waals surface area contributed by atoms with Gasteiger partial charge in [-0.2, -0.15) is 0 Å². The average Bonchev–Trinajstić information content (AvgIpc) is 3.43. The van der Waals surface area contributed by atoms with Crippen molar-refractivity contribution in [2.75, 3.05) is 7.11 Å². The number of thiazole rings is 1. The van der Waals surface area contributed by atoms with Crippen LogP contribution in [0.2, 0.25) is 0 Å². The molecule has 6 rings (SSSR count). The van der Waals surface area contributed by atoms with Gasteiger partial charge >= 0.3 is 0 Å². The van der Waals surface area contributed by atoms with Crippen LogP contribution in [0, 0.1) is 52.2 Å². The van der Waals surface area contributed by atoms with E-state index in [2.05, 4.69) is 20.8 Å². The number of aryl methyl sites for hydroxylation is 1. The lowest BCUT2D eigenvalue weighted by molar-refractivity contribution is -0.212. The number of aromatic nitrogens is 1. The number of benzene rings is 1. The SMILES string of the molecule is CO[C@H]1C[C@H]2[C@@H]([C@H](O)C[C@@H]3C[C@H](O)CC[C@@]32C)[C@@H]2CC[C@H](C(C)CCc3nc4ccc(F)cc4s3)[C@@]12C. The van der Waals surface area contributed by atoms with Gasteiger partial charge in [0.05, 0.1) is 33.5 Å². The molecule has 6 heteroatoms. The van der Waals surface area contributed by atoms with E-state index in [1.165, 1.54) is 18.9 Å². The average molecular weight is 530 g/mol. The summed E-state index contributed by atoms with van der Waals surface area (Å²) < 4.78 is 20.9. The van der Waals surface area contributed by atoms with E-state index in [-0.39, 0.29) is 35.0 Å². The molecule has 2 N–H and O–H groups in total. The number of ether oxygens (including phenoxy) is 1. The van der Waals surface area contributed by atoms with Gasteiger partial charge in [0.2, 0.25) is 0 Å². The molecule has 1 aromatic carbocycles. The number of hydrogen-bond donors (Lipinski definition) is 2. The molecular formula is C31H44FNO3S. The third-order valence-corrected chi connectivity index (χ3v) is 13.1. The van der Waals surface area contributed by atoms with Crippen molar-refractivity contribution in [3.8, 4) is 0 Å². The Labute approximate surface area is 225 Å². The van der Waals surface area contributed by atoms with Crippen molar-refractivity contribution in [1.29, 1.82) is 0 Å². The van der Waals surface area contributed by atoms with Crippen LogP contribution in [0.5, 0.6) is 0 Å². The van der Waals surface area contributed by atoms with Gasteiger partial charge in [-0.05, 0) is 117 Å². The minimum absolute atomic E-state index is 0.0599. The zero-order chi connectivity index (χ0) is 26.1. The fraction of sp³-hybridized carbons (Fsp3) is 0.774. The summed E-state index contributed by atoms with van der Waals surface area (Å²) in [5.74, 6) is 2.58. The number of aliphatic hydroxyl groups is 2. The maximum atomic E-state index is 13.7. The Bertz CT molecular complexity index is 1140. The quantitative estimate of drug-likeness (QED) is 0.457. The minimum Gasteiger partial charge on any atom is -0.393 e. The highest BCUT2D eigenvalue weighted by molar-refractivity contribution is 7.18. The molecule has 0 aliphatic heterocycles. The molecule has 4 nitrogen and oxygen atoms in total. The first-order valence-corrected chi connectivity index (χ1v) is 15.4. The molecule has 11 atom stereocenters. The third kappa shape index (κ3) is 4.11. The van der Waals surface area contributed by atoms with Crippen molar-refractivity contribution in [1.82, 2.24) is 4.98 Å². The topological polar surface area (TPSA) is 62.6 Å². The Morgan fingerprint density at radius 3 is 2.73 bits per heavy atom. The van der Waals surface area contributed by atoms with E-state index in [0.29, 0.717) is 35.5 Å². The van der Waals surface area contributed by atoms with Crippen molar-refractivity contribution in [2.24, 2.45) is 46.3 Å². The summed E-state index contributed by atoms with van der Waals surface area (Å²) in [6, 6.07) is 4.87. The first-order valence-electron chi connectivity index (χ1n) is 14.6. The number of aliphatic hydroxyl groups excluding tert-OH is 2. The van der Waals surface area contributed by atoms with Crippen LogP contribution >= 0.6 is 11.3 Å². The normalized spacial score (nSPS) is 44.3. The monoisotopic (exact) mass is 529 g/mol. The van der Waals surface area contributed by atoms with E-state index < -0.39 is 0 Å². The van der Waals surface area contributed by atoms with Crippen LogP contribution in [0.4, 0.5) is 4.39 Å². The molecule has 204 valence electrons. The Kier molecular flexibility index (Phi) is 6.74. The van der Waals surface area contributed by atoms with Crippen molar-refractivity contribution in [3.63, 3.8) is 0 Å². The molecule has 4 fully saturated rings. The predicted molar refractivity (Wildman–Crippen MR) is 146 cm³/mol. The molecule has 1 unspecified atom stereocenters. The van der Waals surface area contributed by atoms with Gasteiger partial charge in [-0.1, -0.05) is 20.8 Å². The second-order valence-electron chi connectivity index (χ2n) is 13.5. The van der Waals surface area contributed by atoms with Crippen LogP contribution in [0.15, 0.2) is 18.2 Å². The maximum Gasteiger partial charge on any atom is 0.124 e. The Morgan fingerprint density at radius 1 is 1.14 bits per heavy atom. The summed E-state index contributed by atoms with van der Waals surface area (Å²) in [6.07, 6.45) is 8.76. The second kappa shape index (κ2) is 9.53. The van der Waals surface area contributed by atoms with Crippen LogP contribution in [-0.2, 0) is 11.2 Å². The molecule has 2 aromatic rings. The zero-order valence-corrected chi connectivity index (χ0v) is 23.6. The minimum atomic E-state index is -0.271. The highest BCUT2D eigenvalue weighted by atomic mass is 32.1. The fourth-order valence-electron chi connectivity index (χ4n) is 10.1. The van der Waals surface area contributed by atoms with Gasteiger partial charge in [0.15, 0.2) is 0 Å². The van der Waals surface area contributed by atoms with Crippen LogP contribution in [0.3, 0.4) is 0 Å². The van der Waals surface area contributed by atoms with Crippen molar-refractivity contribution < 1.29 is 19.3 Å². The summed E-state index contributed by atoms with van der Waals surface area (Å²) in [5.41, 5.74) is 1.15. The van der Waals surface area contributed by atoms with Gasteiger partial charge in [0, 0.05) is 12.5 Å². The Balaban J connectivity index is 1.22. The molecule has 1 aromatic heterocycles. The van der Waals surface area contributed by atoms with Gasteiger partial charge in [-0.15, -0.1) is 11.3 Å². The Hall–Kier alpha value is -1.08. The lowest BCUT2D eigenvalue weighted by atomic mass is 9.43. The molecule has 0 spiro atoms. The third-order valence-electron chi connectivity index (χ3n) is 12.0. The fourth-order valence-corrected chi connectivity index (χ4v) is 11.1. The van der Waals surface area contributed by atoms with Gasteiger partial charge in [0.25, 0.3) is 0 Å². The zero-order valence-electron chi connectivity index (χ0n) is 22.8. The number of hydrogen-bond acceptors (Lipinski definition) is 5. The van der Waals surface area contributed by atoms with Crippen LogP contribution in [0.1, 0.15) is 77.1 Å². The molecule has 37 heavy (non-hydrogen) atoms. The molecule has 0 bridgehead atoms. The summed E-state index contributed by atoms with van der Waals surface area (Å²) in [4.78, 5) is 4.77. The summed E-state index contributed by atoms with van der Waals surface area (Å²) in [6.45, 7) is 7.34. The van der Waals surface area contributed by atoms with E-state index in [0.717, 1.165) is 60.2 Å². The second-order valence-corrected chi connectivity index (χ2v) is 14.6. The largest absolute Gasteiger partial charge is 0.393 e. The molecule has 4 saturated carbocycles. The van der Waals surface area contributed by atoms with Crippen LogP contribution in [-0.4, -0.2) is 40.6 Å². The maximum absolute atomic E-state index is 13.7. The van der Waals surface area contributed by atoms with Gasteiger partial charge < -0.3 is 14.9 Å². The van der Waals surface area contributed by atoms with E-state index >= 15 is 0 Å². The lowest BCUT2D eigenvalue weighted by Crippen LogP contribution is -2.62. The first kappa shape index (κ1) is 26.2. The first-order chi connectivity index (χ1) is 17.6. The predicted octanol–water partition coefficient (Wildman–Crippen LogP) is 6.62. The Morgan fingerprint density at radius 2 is 1.95 bits per heavy atom. The van der Waals surface area contributed by atoms with Gasteiger partial charge in [-0.25, -0.2) is 9.37 Å². The molecule has 4 aliphatic rings. The van der Waals surface area contributed by atoms with Crippen molar-refractivity contribution in [3.05, 3.63) is 29.0 Å².